The number of sulfonamides is 1. The Bertz CT molecular complexity index is 847. The summed E-state index contributed by atoms with van der Waals surface area (Å²) < 4.78 is 24.8. The van der Waals surface area contributed by atoms with E-state index in [0.717, 1.165) is 18.5 Å². The molecule has 1 aromatic carbocycles. The summed E-state index contributed by atoms with van der Waals surface area (Å²) in [7, 11) is -3.16. The van der Waals surface area contributed by atoms with Gasteiger partial charge in [-0.3, -0.25) is 4.79 Å². The summed E-state index contributed by atoms with van der Waals surface area (Å²) >= 11 is 0. The Hall–Kier alpha value is -1.93. The highest BCUT2D eigenvalue weighted by Crippen LogP contribution is 2.20. The standard InChI is InChI=1S/C14H18N4O3S/c1-22(20,21)18-6-2-3-11(8-18)17-10-4-5-12-13(7-10)15-9-16-14(12)19/h4-5,7,9,11,17H,2-3,6,8H2,1H3,(H,15,16,19)/t11-/m1/s1. The lowest BCUT2D eigenvalue weighted by molar-refractivity contribution is 0.329. The number of nitrogens with zero attached hydrogens (tertiary/aromatic N) is 2. The number of piperidine rings is 1. The van der Waals surface area contributed by atoms with E-state index in [1.165, 1.54) is 16.9 Å². The summed E-state index contributed by atoms with van der Waals surface area (Å²) in [5, 5.41) is 3.87. The molecule has 8 heteroatoms. The van der Waals surface area contributed by atoms with Crippen molar-refractivity contribution in [1.29, 1.82) is 0 Å². The smallest absolute Gasteiger partial charge is 0.258 e. The zero-order chi connectivity index (χ0) is 15.7. The Kier molecular flexibility index (Phi) is 3.88. The second-order valence-electron chi connectivity index (χ2n) is 5.57. The zero-order valence-electron chi connectivity index (χ0n) is 12.2. The predicted octanol–water partition coefficient (Wildman–Crippen LogP) is 0.759. The molecular weight excluding hydrogens is 304 g/mol. The third-order valence-electron chi connectivity index (χ3n) is 3.87. The van der Waals surface area contributed by atoms with Crippen molar-refractivity contribution in [3.63, 3.8) is 0 Å². The largest absolute Gasteiger partial charge is 0.381 e. The monoisotopic (exact) mass is 322 g/mol. The third-order valence-corrected chi connectivity index (χ3v) is 5.14. The van der Waals surface area contributed by atoms with E-state index >= 15 is 0 Å². The highest BCUT2D eigenvalue weighted by atomic mass is 32.2. The number of rotatable bonds is 3. The first-order valence-corrected chi connectivity index (χ1v) is 8.97. The first-order valence-electron chi connectivity index (χ1n) is 7.12. The first kappa shape index (κ1) is 15.0. The Morgan fingerprint density at radius 1 is 1.41 bits per heavy atom. The van der Waals surface area contributed by atoms with Crippen LogP contribution in [-0.2, 0) is 10.0 Å². The topological polar surface area (TPSA) is 95.2 Å². The Morgan fingerprint density at radius 3 is 3.00 bits per heavy atom. The van der Waals surface area contributed by atoms with Gasteiger partial charge in [0, 0.05) is 24.8 Å². The van der Waals surface area contributed by atoms with Gasteiger partial charge in [-0.05, 0) is 31.0 Å². The van der Waals surface area contributed by atoms with Crippen molar-refractivity contribution < 1.29 is 8.42 Å². The van der Waals surface area contributed by atoms with Crippen LogP contribution in [0, 0.1) is 0 Å². The molecule has 1 aromatic heterocycles. The minimum absolute atomic E-state index is 0.0583. The van der Waals surface area contributed by atoms with Gasteiger partial charge in [0.05, 0.1) is 23.5 Å². The van der Waals surface area contributed by atoms with Crippen LogP contribution >= 0.6 is 0 Å². The average Bonchev–Trinajstić information content (AvgIpc) is 2.47. The molecule has 3 rings (SSSR count). The van der Waals surface area contributed by atoms with Gasteiger partial charge in [-0.25, -0.2) is 17.7 Å². The number of H-pyrrole nitrogens is 1. The molecule has 2 heterocycles. The minimum atomic E-state index is -3.16. The second kappa shape index (κ2) is 5.69. The molecule has 2 aromatic rings. The molecule has 1 fully saturated rings. The van der Waals surface area contributed by atoms with E-state index in [1.54, 1.807) is 6.07 Å². The molecule has 0 unspecified atom stereocenters. The lowest BCUT2D eigenvalue weighted by atomic mass is 10.1. The van der Waals surface area contributed by atoms with Crippen molar-refractivity contribution in [1.82, 2.24) is 14.3 Å². The SMILES string of the molecule is CS(=O)(=O)N1CCC[C@@H](Nc2ccc3c(=O)[nH]cnc3c2)C1. The number of aromatic nitrogens is 2. The lowest BCUT2D eigenvalue weighted by Gasteiger charge is -2.32. The van der Waals surface area contributed by atoms with Crippen molar-refractivity contribution >= 4 is 26.6 Å². The van der Waals surface area contributed by atoms with Gasteiger partial charge in [-0.1, -0.05) is 0 Å². The highest BCUT2D eigenvalue weighted by Gasteiger charge is 2.25. The Labute approximate surface area is 128 Å². The van der Waals surface area contributed by atoms with Crippen LogP contribution in [0.25, 0.3) is 10.9 Å². The first-order chi connectivity index (χ1) is 10.4. The Balaban J connectivity index is 1.80. The van der Waals surface area contributed by atoms with E-state index in [-0.39, 0.29) is 11.6 Å². The average molecular weight is 322 g/mol. The van der Waals surface area contributed by atoms with Crippen LogP contribution in [0.1, 0.15) is 12.8 Å². The van der Waals surface area contributed by atoms with Crippen LogP contribution < -0.4 is 10.9 Å². The molecule has 0 spiro atoms. The quantitative estimate of drug-likeness (QED) is 0.870. The number of hydrogen-bond donors (Lipinski definition) is 2. The van der Waals surface area contributed by atoms with Crippen molar-refractivity contribution in [2.45, 2.75) is 18.9 Å². The molecule has 0 saturated carbocycles. The lowest BCUT2D eigenvalue weighted by Crippen LogP contribution is -2.44. The second-order valence-corrected chi connectivity index (χ2v) is 7.55. The summed E-state index contributed by atoms with van der Waals surface area (Å²) in [4.78, 5) is 18.3. The minimum Gasteiger partial charge on any atom is -0.381 e. The van der Waals surface area contributed by atoms with E-state index in [0.29, 0.717) is 24.0 Å². The molecule has 0 aliphatic carbocycles. The number of aromatic amines is 1. The van der Waals surface area contributed by atoms with Gasteiger partial charge in [-0.15, -0.1) is 0 Å². The Morgan fingerprint density at radius 2 is 2.23 bits per heavy atom. The van der Waals surface area contributed by atoms with Crippen LogP contribution in [0.5, 0.6) is 0 Å². The van der Waals surface area contributed by atoms with Gasteiger partial charge >= 0.3 is 0 Å². The summed E-state index contributed by atoms with van der Waals surface area (Å²) in [6.07, 6.45) is 4.35. The zero-order valence-corrected chi connectivity index (χ0v) is 13.1. The summed E-state index contributed by atoms with van der Waals surface area (Å²) in [6.45, 7) is 1.03. The normalized spacial score (nSPS) is 20.1. The molecule has 1 atom stereocenters. The summed E-state index contributed by atoms with van der Waals surface area (Å²) in [5.41, 5.74) is 1.29. The van der Waals surface area contributed by atoms with Crippen molar-refractivity contribution in [3.8, 4) is 0 Å². The molecule has 1 saturated heterocycles. The van der Waals surface area contributed by atoms with Crippen LogP contribution in [-0.4, -0.2) is 48.1 Å². The fraction of sp³-hybridized carbons (Fsp3) is 0.429. The fourth-order valence-corrected chi connectivity index (χ4v) is 3.67. The molecule has 7 nitrogen and oxygen atoms in total. The van der Waals surface area contributed by atoms with Crippen LogP contribution in [0.15, 0.2) is 29.3 Å². The maximum atomic E-state index is 11.6. The summed E-state index contributed by atoms with van der Waals surface area (Å²) in [5.74, 6) is 0. The molecule has 1 aliphatic heterocycles. The maximum Gasteiger partial charge on any atom is 0.258 e. The van der Waals surface area contributed by atoms with E-state index in [4.69, 9.17) is 0 Å². The number of anilines is 1. The van der Waals surface area contributed by atoms with Gasteiger partial charge in [0.1, 0.15) is 0 Å². The van der Waals surface area contributed by atoms with Crippen LogP contribution in [0.3, 0.4) is 0 Å². The van der Waals surface area contributed by atoms with Crippen LogP contribution in [0.4, 0.5) is 5.69 Å². The molecule has 22 heavy (non-hydrogen) atoms. The van der Waals surface area contributed by atoms with E-state index in [1.807, 2.05) is 12.1 Å². The third kappa shape index (κ3) is 3.12. The van der Waals surface area contributed by atoms with Gasteiger partial charge < -0.3 is 10.3 Å². The van der Waals surface area contributed by atoms with Gasteiger partial charge in [0.25, 0.3) is 5.56 Å². The number of hydrogen-bond acceptors (Lipinski definition) is 5. The van der Waals surface area contributed by atoms with E-state index < -0.39 is 10.0 Å². The molecule has 0 amide bonds. The highest BCUT2D eigenvalue weighted by molar-refractivity contribution is 7.88. The number of fused-ring (bicyclic) bond motifs is 1. The fourth-order valence-electron chi connectivity index (χ4n) is 2.76. The predicted molar refractivity (Wildman–Crippen MR) is 85.4 cm³/mol. The van der Waals surface area contributed by atoms with Gasteiger partial charge in [0.2, 0.25) is 10.0 Å². The number of benzene rings is 1. The van der Waals surface area contributed by atoms with Gasteiger partial charge in [0.15, 0.2) is 0 Å². The number of nitrogens with one attached hydrogen (secondary N) is 2. The van der Waals surface area contributed by atoms with E-state index in [9.17, 15) is 13.2 Å². The molecule has 0 bridgehead atoms. The molecule has 0 radical (unpaired) electrons. The molecule has 1 aliphatic rings. The van der Waals surface area contributed by atoms with Gasteiger partial charge in [-0.2, -0.15) is 0 Å². The molecule has 2 N–H and O–H groups in total. The molecular formula is C14H18N4O3S. The molecule has 118 valence electrons. The maximum absolute atomic E-state index is 11.6. The van der Waals surface area contributed by atoms with Crippen molar-refractivity contribution in [3.05, 3.63) is 34.9 Å². The van der Waals surface area contributed by atoms with Crippen molar-refractivity contribution in [2.24, 2.45) is 0 Å². The van der Waals surface area contributed by atoms with E-state index in [2.05, 4.69) is 15.3 Å². The van der Waals surface area contributed by atoms with Crippen LogP contribution in [0.2, 0.25) is 0 Å². The van der Waals surface area contributed by atoms with Crippen molar-refractivity contribution in [2.75, 3.05) is 24.7 Å². The summed E-state index contributed by atoms with van der Waals surface area (Å²) in [6, 6.07) is 5.41.